The molecule has 0 saturated carbocycles. The summed E-state index contributed by atoms with van der Waals surface area (Å²) in [6, 6.07) is 6.86. The van der Waals surface area contributed by atoms with Crippen molar-refractivity contribution in [2.24, 2.45) is 0 Å². The van der Waals surface area contributed by atoms with Crippen LogP contribution in [0.2, 0.25) is 0 Å². The Bertz CT molecular complexity index is 359. The van der Waals surface area contributed by atoms with Crippen molar-refractivity contribution in [2.45, 2.75) is 6.10 Å². The van der Waals surface area contributed by atoms with Crippen LogP contribution in [0.4, 0.5) is 5.69 Å². The summed E-state index contributed by atoms with van der Waals surface area (Å²) in [7, 11) is 0. The fourth-order valence-electron chi connectivity index (χ4n) is 1.48. The molecule has 1 aliphatic rings. The Morgan fingerprint density at radius 3 is 2.79 bits per heavy atom. The lowest BCUT2D eigenvalue weighted by Gasteiger charge is -2.35. The summed E-state index contributed by atoms with van der Waals surface area (Å²) in [5, 5.41) is 9.05. The first-order valence-electron chi connectivity index (χ1n) is 4.49. The number of nitrogens with two attached hydrogens (primary N) is 1. The highest BCUT2D eigenvalue weighted by Crippen LogP contribution is 2.14. The molecule has 0 aromatic heterocycles. The molecule has 1 heterocycles. The van der Waals surface area contributed by atoms with Crippen molar-refractivity contribution in [1.82, 2.24) is 4.90 Å². The molecule has 3 N–H and O–H groups in total. The van der Waals surface area contributed by atoms with Crippen LogP contribution in [0, 0.1) is 0 Å². The van der Waals surface area contributed by atoms with E-state index < -0.39 is 0 Å². The zero-order valence-corrected chi connectivity index (χ0v) is 7.68. The molecule has 0 spiro atoms. The van der Waals surface area contributed by atoms with Crippen molar-refractivity contribution >= 4 is 11.6 Å². The Labute approximate surface area is 81.9 Å². The van der Waals surface area contributed by atoms with E-state index in [2.05, 4.69) is 0 Å². The molecule has 1 saturated heterocycles. The van der Waals surface area contributed by atoms with Gasteiger partial charge in [0.25, 0.3) is 5.91 Å². The van der Waals surface area contributed by atoms with Gasteiger partial charge in [0, 0.05) is 24.3 Å². The maximum Gasteiger partial charge on any atom is 0.254 e. The predicted molar refractivity (Wildman–Crippen MR) is 52.8 cm³/mol. The maximum absolute atomic E-state index is 11.7. The molecular weight excluding hydrogens is 180 g/mol. The maximum atomic E-state index is 11.7. The molecule has 4 heteroatoms. The Kier molecular flexibility index (Phi) is 2.13. The highest BCUT2D eigenvalue weighted by molar-refractivity contribution is 5.95. The second-order valence-corrected chi connectivity index (χ2v) is 3.49. The zero-order valence-electron chi connectivity index (χ0n) is 7.68. The van der Waals surface area contributed by atoms with Gasteiger partial charge in [-0.1, -0.05) is 6.07 Å². The zero-order chi connectivity index (χ0) is 10.1. The Hall–Kier alpha value is -1.55. The number of nitrogens with zero attached hydrogens (tertiary/aromatic N) is 1. The van der Waals surface area contributed by atoms with Gasteiger partial charge in [0.05, 0.1) is 6.10 Å². The van der Waals surface area contributed by atoms with Crippen molar-refractivity contribution in [2.75, 3.05) is 18.8 Å². The highest BCUT2D eigenvalue weighted by Gasteiger charge is 2.29. The van der Waals surface area contributed by atoms with Gasteiger partial charge in [-0.25, -0.2) is 0 Å². The highest BCUT2D eigenvalue weighted by atomic mass is 16.3. The van der Waals surface area contributed by atoms with Crippen molar-refractivity contribution in [3.63, 3.8) is 0 Å². The van der Waals surface area contributed by atoms with E-state index in [1.165, 1.54) is 0 Å². The first kappa shape index (κ1) is 9.02. The summed E-state index contributed by atoms with van der Waals surface area (Å²) < 4.78 is 0. The summed E-state index contributed by atoms with van der Waals surface area (Å²) in [5.74, 6) is -0.0670. The van der Waals surface area contributed by atoms with E-state index in [1.54, 1.807) is 29.2 Å². The van der Waals surface area contributed by atoms with Gasteiger partial charge in [-0.15, -0.1) is 0 Å². The van der Waals surface area contributed by atoms with Gasteiger partial charge in [0.15, 0.2) is 0 Å². The molecule has 0 unspecified atom stereocenters. The number of aliphatic hydroxyl groups is 1. The Balaban J connectivity index is 2.12. The van der Waals surface area contributed by atoms with Crippen LogP contribution in [0.15, 0.2) is 24.3 Å². The average Bonchev–Trinajstić information content (AvgIpc) is 2.12. The number of carbonyl (C=O) groups is 1. The number of aliphatic hydroxyl groups excluding tert-OH is 1. The number of likely N-dealkylation sites (tertiary alicyclic amines) is 1. The number of carbonyl (C=O) groups excluding carboxylic acids is 1. The van der Waals surface area contributed by atoms with Crippen LogP contribution in [0.1, 0.15) is 10.4 Å². The number of hydrogen-bond donors (Lipinski definition) is 2. The lowest BCUT2D eigenvalue weighted by atomic mass is 10.1. The van der Waals surface area contributed by atoms with Gasteiger partial charge >= 0.3 is 0 Å². The molecule has 1 aromatic carbocycles. The molecule has 2 rings (SSSR count). The molecule has 74 valence electrons. The monoisotopic (exact) mass is 192 g/mol. The van der Waals surface area contributed by atoms with E-state index in [-0.39, 0.29) is 12.0 Å². The van der Waals surface area contributed by atoms with Crippen LogP contribution in [0.3, 0.4) is 0 Å². The van der Waals surface area contributed by atoms with E-state index >= 15 is 0 Å². The van der Waals surface area contributed by atoms with Crippen LogP contribution in [-0.4, -0.2) is 35.1 Å². The molecule has 0 radical (unpaired) electrons. The number of nitrogen functional groups attached to an aromatic ring is 1. The smallest absolute Gasteiger partial charge is 0.254 e. The summed E-state index contributed by atoms with van der Waals surface area (Å²) >= 11 is 0. The van der Waals surface area contributed by atoms with E-state index in [1.807, 2.05) is 0 Å². The Morgan fingerprint density at radius 1 is 1.50 bits per heavy atom. The quantitative estimate of drug-likeness (QED) is 0.619. The third-order valence-electron chi connectivity index (χ3n) is 2.28. The van der Waals surface area contributed by atoms with E-state index in [9.17, 15) is 4.79 Å². The van der Waals surface area contributed by atoms with Crippen molar-refractivity contribution in [3.05, 3.63) is 29.8 Å². The summed E-state index contributed by atoms with van der Waals surface area (Å²) in [4.78, 5) is 13.3. The lowest BCUT2D eigenvalue weighted by Crippen LogP contribution is -2.53. The van der Waals surface area contributed by atoms with E-state index in [0.29, 0.717) is 24.3 Å². The molecule has 0 aliphatic carbocycles. The molecule has 0 atom stereocenters. The number of benzene rings is 1. The van der Waals surface area contributed by atoms with Crippen LogP contribution in [0.25, 0.3) is 0 Å². The third kappa shape index (κ3) is 1.56. The van der Waals surface area contributed by atoms with Crippen LogP contribution >= 0.6 is 0 Å². The second-order valence-electron chi connectivity index (χ2n) is 3.49. The minimum Gasteiger partial charge on any atom is -0.399 e. The molecule has 1 aliphatic heterocycles. The van der Waals surface area contributed by atoms with Crippen LogP contribution in [-0.2, 0) is 0 Å². The second kappa shape index (κ2) is 3.31. The molecule has 4 nitrogen and oxygen atoms in total. The number of rotatable bonds is 1. The molecule has 1 amide bonds. The van der Waals surface area contributed by atoms with Gasteiger partial charge in [-0.3, -0.25) is 4.79 Å². The fraction of sp³-hybridized carbons (Fsp3) is 0.300. The minimum atomic E-state index is -0.361. The van der Waals surface area contributed by atoms with Gasteiger partial charge in [-0.05, 0) is 18.2 Å². The van der Waals surface area contributed by atoms with Gasteiger partial charge in [-0.2, -0.15) is 0 Å². The number of anilines is 1. The van der Waals surface area contributed by atoms with Crippen LogP contribution in [0.5, 0.6) is 0 Å². The first-order chi connectivity index (χ1) is 6.66. The first-order valence-corrected chi connectivity index (χ1v) is 4.49. The molecule has 0 bridgehead atoms. The molecule has 14 heavy (non-hydrogen) atoms. The topological polar surface area (TPSA) is 66.6 Å². The van der Waals surface area contributed by atoms with Gasteiger partial charge < -0.3 is 15.7 Å². The van der Waals surface area contributed by atoms with E-state index in [4.69, 9.17) is 10.8 Å². The Morgan fingerprint density at radius 2 is 2.21 bits per heavy atom. The molecular formula is C10H12N2O2. The fourth-order valence-corrected chi connectivity index (χ4v) is 1.48. The summed E-state index contributed by atoms with van der Waals surface area (Å²) in [6.07, 6.45) is -0.361. The molecule has 1 fully saturated rings. The number of amides is 1. The minimum absolute atomic E-state index is 0.0670. The largest absolute Gasteiger partial charge is 0.399 e. The molecule has 1 aromatic rings. The van der Waals surface area contributed by atoms with Gasteiger partial charge in [0.2, 0.25) is 0 Å². The summed E-state index contributed by atoms with van der Waals surface area (Å²) in [6.45, 7) is 0.848. The van der Waals surface area contributed by atoms with Crippen LogP contribution < -0.4 is 5.73 Å². The van der Waals surface area contributed by atoms with E-state index in [0.717, 1.165) is 0 Å². The number of β-amino-alcohol motifs (C(OH)–C–C–N with tert-alkyl or cyclic N) is 1. The van der Waals surface area contributed by atoms with Gasteiger partial charge in [0.1, 0.15) is 0 Å². The predicted octanol–water partition coefficient (Wildman–Crippen LogP) is 0.0855. The number of hydrogen-bond acceptors (Lipinski definition) is 3. The van der Waals surface area contributed by atoms with Crippen molar-refractivity contribution < 1.29 is 9.90 Å². The normalized spacial score (nSPS) is 16.5. The average molecular weight is 192 g/mol. The third-order valence-corrected chi connectivity index (χ3v) is 2.28. The SMILES string of the molecule is Nc1cccc(C(=O)N2CC(O)C2)c1. The van der Waals surface area contributed by atoms with Crippen molar-refractivity contribution in [3.8, 4) is 0 Å². The standard InChI is InChI=1S/C10H12N2O2/c11-8-3-1-2-7(4-8)10(14)12-5-9(13)6-12/h1-4,9,13H,5-6,11H2. The lowest BCUT2D eigenvalue weighted by molar-refractivity contribution is 0.00590. The summed E-state index contributed by atoms with van der Waals surface area (Å²) in [5.41, 5.74) is 6.72. The van der Waals surface area contributed by atoms with Crippen molar-refractivity contribution in [1.29, 1.82) is 0 Å².